The van der Waals surface area contributed by atoms with Crippen LogP contribution in [0.15, 0.2) is 27.5 Å². The molecule has 9 heteroatoms. The summed E-state index contributed by atoms with van der Waals surface area (Å²) in [4.78, 5) is 36.3. The number of aromatic nitrogens is 2. The minimum absolute atomic E-state index is 0.328. The second-order valence-electron chi connectivity index (χ2n) is 4.48. The van der Waals surface area contributed by atoms with Gasteiger partial charge in [0, 0.05) is 19.3 Å². The summed E-state index contributed by atoms with van der Waals surface area (Å²) in [6.45, 7) is 7.63. The average Bonchev–Trinajstić information content (AvgIpc) is 2.84. The molecule has 126 valence electrons. The van der Waals surface area contributed by atoms with Crippen molar-refractivity contribution < 1.29 is 24.2 Å². The van der Waals surface area contributed by atoms with E-state index in [9.17, 15) is 4.79 Å². The summed E-state index contributed by atoms with van der Waals surface area (Å²) < 4.78 is 6.72. The normalized spacial score (nSPS) is 10.4. The zero-order chi connectivity index (χ0) is 17.4. The van der Waals surface area contributed by atoms with Crippen molar-refractivity contribution in [3.63, 3.8) is 0 Å². The topological polar surface area (TPSA) is 126 Å². The van der Waals surface area contributed by atoms with Gasteiger partial charge in [0.2, 0.25) is 0 Å². The van der Waals surface area contributed by atoms with E-state index in [1.54, 1.807) is 22.9 Å². The lowest BCUT2D eigenvalue weighted by atomic mass is 10.4. The van der Waals surface area contributed by atoms with Gasteiger partial charge in [0.05, 0.1) is 0 Å². The molecular formula is C14H19N3O6. The molecule has 0 saturated heterocycles. The predicted molar refractivity (Wildman–Crippen MR) is 81.3 cm³/mol. The van der Waals surface area contributed by atoms with Crippen molar-refractivity contribution in [3.8, 4) is 0 Å². The first-order valence-corrected chi connectivity index (χ1v) is 7.03. The van der Waals surface area contributed by atoms with Crippen molar-refractivity contribution in [2.24, 2.45) is 0 Å². The number of fused-ring (bicyclic) bond motifs is 1. The number of hydrogen-bond acceptors (Lipinski definition) is 6. The number of aliphatic carboxylic acids is 2. The molecule has 0 aliphatic rings. The van der Waals surface area contributed by atoms with Crippen LogP contribution in [-0.2, 0) is 16.1 Å². The van der Waals surface area contributed by atoms with E-state index in [0.717, 1.165) is 19.6 Å². The molecule has 2 aromatic rings. The lowest BCUT2D eigenvalue weighted by Gasteiger charge is -2.17. The lowest BCUT2D eigenvalue weighted by molar-refractivity contribution is -0.159. The maximum Gasteiger partial charge on any atom is 0.421 e. The molecule has 2 N–H and O–H groups in total. The number of likely N-dealkylation sites (N-methyl/N-ethyl adjacent to an activating group) is 1. The number of carboxylic acid groups (broad SMARTS) is 2. The third-order valence-electron chi connectivity index (χ3n) is 3.14. The van der Waals surface area contributed by atoms with Gasteiger partial charge in [-0.15, -0.1) is 0 Å². The number of pyridine rings is 1. The smallest absolute Gasteiger partial charge is 0.421 e. The van der Waals surface area contributed by atoms with Crippen LogP contribution >= 0.6 is 0 Å². The Hall–Kier alpha value is -2.68. The molecular weight excluding hydrogens is 306 g/mol. The number of nitrogens with zero attached hydrogens (tertiary/aromatic N) is 3. The number of oxazole rings is 1. The molecule has 0 aliphatic heterocycles. The molecule has 0 saturated carbocycles. The van der Waals surface area contributed by atoms with Crippen LogP contribution in [0.3, 0.4) is 0 Å². The van der Waals surface area contributed by atoms with Crippen molar-refractivity contribution in [1.29, 1.82) is 0 Å². The molecule has 0 aromatic carbocycles. The van der Waals surface area contributed by atoms with Crippen LogP contribution in [0.5, 0.6) is 0 Å². The van der Waals surface area contributed by atoms with Crippen molar-refractivity contribution in [2.45, 2.75) is 20.4 Å². The maximum atomic E-state index is 11.7. The highest BCUT2D eigenvalue weighted by Gasteiger charge is 2.10. The third-order valence-corrected chi connectivity index (χ3v) is 3.14. The summed E-state index contributed by atoms with van der Waals surface area (Å²) in [5.41, 5.74) is 1.18. The monoisotopic (exact) mass is 325 g/mol. The summed E-state index contributed by atoms with van der Waals surface area (Å²) in [5.74, 6) is -3.98. The Morgan fingerprint density at radius 2 is 1.87 bits per heavy atom. The summed E-state index contributed by atoms with van der Waals surface area (Å²) in [5, 5.41) is 14.8. The average molecular weight is 325 g/mol. The molecule has 0 atom stereocenters. The van der Waals surface area contributed by atoms with Gasteiger partial charge in [0.25, 0.3) is 0 Å². The van der Waals surface area contributed by atoms with E-state index in [1.807, 2.05) is 0 Å². The fourth-order valence-electron chi connectivity index (χ4n) is 1.88. The van der Waals surface area contributed by atoms with Gasteiger partial charge in [-0.05, 0) is 25.2 Å². The summed E-state index contributed by atoms with van der Waals surface area (Å²) in [6, 6.07) is 3.53. The predicted octanol–water partition coefficient (Wildman–Crippen LogP) is 0.487. The van der Waals surface area contributed by atoms with Crippen LogP contribution in [0, 0.1) is 0 Å². The first-order valence-electron chi connectivity index (χ1n) is 7.03. The molecule has 0 fully saturated rings. The molecule has 2 heterocycles. The van der Waals surface area contributed by atoms with E-state index in [1.165, 1.54) is 0 Å². The number of hydrogen-bond donors (Lipinski definition) is 2. The Kier molecular flexibility index (Phi) is 6.94. The van der Waals surface area contributed by atoms with Gasteiger partial charge >= 0.3 is 17.7 Å². The summed E-state index contributed by atoms with van der Waals surface area (Å²) in [6.07, 6.45) is 1.67. The fraction of sp³-hybridized carbons (Fsp3) is 0.429. The Morgan fingerprint density at radius 3 is 2.39 bits per heavy atom. The molecule has 9 nitrogen and oxygen atoms in total. The van der Waals surface area contributed by atoms with Crippen LogP contribution in [0.25, 0.3) is 11.2 Å². The Bertz CT molecular complexity index is 705. The van der Waals surface area contributed by atoms with Crippen LogP contribution in [0.1, 0.15) is 13.8 Å². The van der Waals surface area contributed by atoms with Crippen molar-refractivity contribution in [1.82, 2.24) is 14.5 Å². The molecule has 23 heavy (non-hydrogen) atoms. The SMILES string of the molecule is CCN(CC)CCn1c(=O)oc2cccnc21.O=C(O)C(=O)O. The van der Waals surface area contributed by atoms with Gasteiger partial charge in [-0.2, -0.15) is 0 Å². The van der Waals surface area contributed by atoms with Gasteiger partial charge < -0.3 is 19.5 Å². The van der Waals surface area contributed by atoms with Crippen LogP contribution in [-0.4, -0.2) is 56.2 Å². The minimum atomic E-state index is -1.82. The molecule has 0 aliphatic carbocycles. The Balaban J connectivity index is 0.000000379. The van der Waals surface area contributed by atoms with E-state index >= 15 is 0 Å². The van der Waals surface area contributed by atoms with Gasteiger partial charge in [-0.1, -0.05) is 13.8 Å². The summed E-state index contributed by atoms with van der Waals surface area (Å²) >= 11 is 0. The van der Waals surface area contributed by atoms with E-state index in [2.05, 4.69) is 23.7 Å². The number of carbonyl (C=O) groups is 2. The number of carboxylic acids is 2. The molecule has 0 radical (unpaired) electrons. The van der Waals surface area contributed by atoms with Crippen molar-refractivity contribution in [3.05, 3.63) is 28.9 Å². The standard InChI is InChI=1S/C12H17N3O2.C2H2O4/c1-3-14(4-2)8-9-15-11-10(17-12(15)16)6-5-7-13-11;3-1(4)2(5)6/h5-7H,3-4,8-9H2,1-2H3;(H,3,4)(H,5,6). The molecule has 0 amide bonds. The number of rotatable bonds is 5. The highest BCUT2D eigenvalue weighted by molar-refractivity contribution is 6.27. The zero-order valence-electron chi connectivity index (χ0n) is 12.9. The minimum Gasteiger partial charge on any atom is -0.473 e. The summed E-state index contributed by atoms with van der Waals surface area (Å²) in [7, 11) is 0. The van der Waals surface area contributed by atoms with Gasteiger partial charge in [-0.25, -0.2) is 19.4 Å². The van der Waals surface area contributed by atoms with E-state index in [4.69, 9.17) is 24.2 Å². The van der Waals surface area contributed by atoms with E-state index < -0.39 is 11.9 Å². The Morgan fingerprint density at radius 1 is 1.26 bits per heavy atom. The van der Waals surface area contributed by atoms with Gasteiger partial charge in [-0.3, -0.25) is 4.57 Å². The molecule has 0 bridgehead atoms. The van der Waals surface area contributed by atoms with Crippen LogP contribution in [0.4, 0.5) is 0 Å². The zero-order valence-corrected chi connectivity index (χ0v) is 12.9. The highest BCUT2D eigenvalue weighted by atomic mass is 16.4. The Labute approximate surface area is 131 Å². The van der Waals surface area contributed by atoms with Crippen molar-refractivity contribution >= 4 is 23.2 Å². The second kappa shape index (κ2) is 8.69. The van der Waals surface area contributed by atoms with Crippen LogP contribution < -0.4 is 5.76 Å². The van der Waals surface area contributed by atoms with E-state index in [0.29, 0.717) is 17.8 Å². The fourth-order valence-corrected chi connectivity index (χ4v) is 1.88. The first-order chi connectivity index (χ1) is 10.9. The largest absolute Gasteiger partial charge is 0.473 e. The molecule has 0 spiro atoms. The van der Waals surface area contributed by atoms with Crippen molar-refractivity contribution in [2.75, 3.05) is 19.6 Å². The van der Waals surface area contributed by atoms with E-state index in [-0.39, 0.29) is 5.76 Å². The van der Waals surface area contributed by atoms with Gasteiger partial charge in [0.15, 0.2) is 11.2 Å². The molecule has 0 unspecified atom stereocenters. The molecule has 2 aromatic heterocycles. The first kappa shape index (κ1) is 18.4. The maximum absolute atomic E-state index is 11.7. The molecule has 2 rings (SSSR count). The second-order valence-corrected chi connectivity index (χ2v) is 4.48. The highest BCUT2D eigenvalue weighted by Crippen LogP contribution is 2.08. The quantitative estimate of drug-likeness (QED) is 0.761. The third kappa shape index (κ3) is 5.22. The van der Waals surface area contributed by atoms with Crippen LogP contribution in [0.2, 0.25) is 0 Å². The lowest BCUT2D eigenvalue weighted by Crippen LogP contribution is -2.29. The van der Waals surface area contributed by atoms with Gasteiger partial charge in [0.1, 0.15) is 0 Å².